The second kappa shape index (κ2) is 9.45. The minimum Gasteiger partial charge on any atom is -0.496 e. The van der Waals surface area contributed by atoms with Gasteiger partial charge < -0.3 is 19.2 Å². The molecule has 0 saturated carbocycles. The number of hydrogen-bond acceptors (Lipinski definition) is 7. The van der Waals surface area contributed by atoms with E-state index in [1.165, 1.54) is 20.0 Å². The largest absolute Gasteiger partial charge is 0.496 e. The third kappa shape index (κ3) is 5.03. The molecule has 2 heterocycles. The van der Waals surface area contributed by atoms with E-state index in [4.69, 9.17) is 20.8 Å². The lowest BCUT2D eigenvalue weighted by Crippen LogP contribution is -2.17. The van der Waals surface area contributed by atoms with Gasteiger partial charge in [-0.2, -0.15) is 0 Å². The molecule has 1 N–H and O–H groups in total. The van der Waals surface area contributed by atoms with Crippen LogP contribution in [0.4, 0.5) is 5.69 Å². The number of carboxylic acid groups (broad SMARTS) is 1. The summed E-state index contributed by atoms with van der Waals surface area (Å²) in [6.07, 6.45) is 3.99. The van der Waals surface area contributed by atoms with Crippen molar-refractivity contribution < 1.29 is 19.1 Å². The Kier molecular flexibility index (Phi) is 6.48. The van der Waals surface area contributed by atoms with Gasteiger partial charge >= 0.3 is 5.97 Å². The first-order valence-electron chi connectivity index (χ1n) is 9.69. The van der Waals surface area contributed by atoms with Crippen LogP contribution in [-0.2, 0) is 4.79 Å². The predicted molar refractivity (Wildman–Crippen MR) is 121 cm³/mol. The molecular weight excluding hydrogens is 438 g/mol. The molecule has 1 aromatic heterocycles. The fourth-order valence-electron chi connectivity index (χ4n) is 3.34. The molecule has 2 aromatic carbocycles. The van der Waals surface area contributed by atoms with Gasteiger partial charge in [-0.05, 0) is 66.6 Å². The quantitative estimate of drug-likeness (QED) is 0.381. The summed E-state index contributed by atoms with van der Waals surface area (Å²) in [4.78, 5) is 14.2. The summed E-state index contributed by atoms with van der Waals surface area (Å²) in [7, 11) is 1.53. The van der Waals surface area contributed by atoms with Gasteiger partial charge in [-0.15, -0.1) is 10.2 Å². The molecule has 1 aliphatic rings. The van der Waals surface area contributed by atoms with Crippen molar-refractivity contribution in [3.63, 3.8) is 0 Å². The smallest absolute Gasteiger partial charge is 0.342 e. The fourth-order valence-corrected chi connectivity index (χ4v) is 4.19. The van der Waals surface area contributed by atoms with Crippen LogP contribution in [0.15, 0.2) is 57.0 Å². The standard InChI is InChI=1S/C22H20ClN3O4S/c1-29-18-9-6-15(23)13-17(18)20-24-25-22(30-20)31-19(21(27)28)12-14-4-7-16(8-5-14)26-10-2-3-11-26/h4-9,12-13H,2-3,10-11H2,1H3,(H,27,28)/b19-12+. The molecule has 1 fully saturated rings. The fraction of sp³-hybridized carbons (Fsp3) is 0.227. The van der Waals surface area contributed by atoms with Gasteiger partial charge in [0.05, 0.1) is 12.7 Å². The van der Waals surface area contributed by atoms with Crippen molar-refractivity contribution in [2.75, 3.05) is 25.1 Å². The van der Waals surface area contributed by atoms with E-state index in [1.807, 2.05) is 24.3 Å². The van der Waals surface area contributed by atoms with Crippen molar-refractivity contribution in [2.45, 2.75) is 18.1 Å². The number of aliphatic carboxylic acids is 1. The van der Waals surface area contributed by atoms with Crippen molar-refractivity contribution in [1.29, 1.82) is 0 Å². The molecule has 1 saturated heterocycles. The molecule has 0 radical (unpaired) electrons. The van der Waals surface area contributed by atoms with Gasteiger partial charge in [0.1, 0.15) is 10.7 Å². The minimum atomic E-state index is -1.08. The van der Waals surface area contributed by atoms with E-state index < -0.39 is 5.97 Å². The van der Waals surface area contributed by atoms with Gasteiger partial charge in [0.2, 0.25) is 0 Å². The topological polar surface area (TPSA) is 88.7 Å². The van der Waals surface area contributed by atoms with Crippen LogP contribution in [0.25, 0.3) is 17.5 Å². The molecule has 0 amide bonds. The lowest BCUT2D eigenvalue weighted by atomic mass is 10.2. The highest BCUT2D eigenvalue weighted by Crippen LogP contribution is 2.35. The molecule has 0 unspecified atom stereocenters. The zero-order chi connectivity index (χ0) is 21.8. The maximum atomic E-state index is 11.8. The number of halogens is 1. The average molecular weight is 458 g/mol. The summed E-state index contributed by atoms with van der Waals surface area (Å²) in [6, 6.07) is 12.9. The van der Waals surface area contributed by atoms with Crippen molar-refractivity contribution in [1.82, 2.24) is 10.2 Å². The number of hydrogen-bond donors (Lipinski definition) is 1. The summed E-state index contributed by atoms with van der Waals surface area (Å²) in [6.45, 7) is 2.12. The number of rotatable bonds is 7. The molecule has 0 atom stereocenters. The molecule has 31 heavy (non-hydrogen) atoms. The maximum absolute atomic E-state index is 11.8. The summed E-state index contributed by atoms with van der Waals surface area (Å²) < 4.78 is 11.0. The first kappa shape index (κ1) is 21.3. The molecule has 0 aliphatic carbocycles. The number of methoxy groups -OCH3 is 1. The van der Waals surface area contributed by atoms with E-state index in [9.17, 15) is 9.90 Å². The Bertz CT molecular complexity index is 1110. The normalized spacial score (nSPS) is 14.1. The first-order valence-corrected chi connectivity index (χ1v) is 10.9. The summed E-state index contributed by atoms with van der Waals surface area (Å²) in [5.41, 5.74) is 2.47. The van der Waals surface area contributed by atoms with Gasteiger partial charge in [-0.25, -0.2) is 4.79 Å². The van der Waals surface area contributed by atoms with Crippen molar-refractivity contribution in [3.05, 3.63) is 58.0 Å². The van der Waals surface area contributed by atoms with Gasteiger partial charge in [-0.3, -0.25) is 0 Å². The van der Waals surface area contributed by atoms with Crippen LogP contribution in [0, 0.1) is 0 Å². The predicted octanol–water partition coefficient (Wildman–Crippen LogP) is 5.22. The van der Waals surface area contributed by atoms with E-state index in [0.717, 1.165) is 36.1 Å². The van der Waals surface area contributed by atoms with E-state index >= 15 is 0 Å². The molecule has 0 spiro atoms. The van der Waals surface area contributed by atoms with Crippen LogP contribution in [0.5, 0.6) is 5.75 Å². The molecule has 9 heteroatoms. The Morgan fingerprint density at radius 2 is 1.94 bits per heavy atom. The molecule has 3 aromatic rings. The number of ether oxygens (including phenoxy) is 1. The van der Waals surface area contributed by atoms with E-state index in [0.29, 0.717) is 16.3 Å². The maximum Gasteiger partial charge on any atom is 0.342 e. The lowest BCUT2D eigenvalue weighted by Gasteiger charge is -2.17. The summed E-state index contributed by atoms with van der Waals surface area (Å²) in [5.74, 6) is -0.355. The number of anilines is 1. The van der Waals surface area contributed by atoms with Gasteiger partial charge in [0.15, 0.2) is 0 Å². The SMILES string of the molecule is COc1ccc(Cl)cc1-c1nnc(S/C(=C/c2ccc(N3CCCC3)cc2)C(=O)O)o1. The number of benzene rings is 2. The van der Waals surface area contributed by atoms with Crippen LogP contribution >= 0.6 is 23.4 Å². The lowest BCUT2D eigenvalue weighted by molar-refractivity contribution is -0.131. The number of carboxylic acids is 1. The van der Waals surface area contributed by atoms with Crippen molar-refractivity contribution >= 4 is 41.1 Å². The first-order chi connectivity index (χ1) is 15.0. The zero-order valence-corrected chi connectivity index (χ0v) is 18.3. The van der Waals surface area contributed by atoms with E-state index in [-0.39, 0.29) is 16.0 Å². The van der Waals surface area contributed by atoms with Crippen LogP contribution < -0.4 is 9.64 Å². The number of aromatic nitrogens is 2. The number of nitrogens with zero attached hydrogens (tertiary/aromatic N) is 3. The average Bonchev–Trinajstić information content (AvgIpc) is 3.46. The Labute approximate surface area is 188 Å². The van der Waals surface area contributed by atoms with Crippen LogP contribution in [0.2, 0.25) is 5.02 Å². The van der Waals surface area contributed by atoms with E-state index in [2.05, 4.69) is 15.1 Å². The Balaban J connectivity index is 1.54. The molecule has 7 nitrogen and oxygen atoms in total. The molecule has 1 aliphatic heterocycles. The van der Waals surface area contributed by atoms with Crippen LogP contribution in [0.1, 0.15) is 18.4 Å². The molecule has 4 rings (SSSR count). The third-order valence-corrected chi connectivity index (χ3v) is 5.96. The van der Waals surface area contributed by atoms with Crippen LogP contribution in [-0.4, -0.2) is 41.5 Å². The van der Waals surface area contributed by atoms with Crippen molar-refractivity contribution in [3.8, 4) is 17.2 Å². The number of thioether (sulfide) groups is 1. The minimum absolute atomic E-state index is 0.0715. The highest BCUT2D eigenvalue weighted by molar-refractivity contribution is 8.03. The summed E-state index contributed by atoms with van der Waals surface area (Å²) in [5, 5.41) is 18.2. The van der Waals surface area contributed by atoms with Gasteiger partial charge in [-0.1, -0.05) is 23.7 Å². The number of carbonyl (C=O) groups is 1. The Morgan fingerprint density at radius 1 is 1.19 bits per heavy atom. The molecular formula is C22H20ClN3O4S. The highest BCUT2D eigenvalue weighted by atomic mass is 35.5. The molecule has 0 bridgehead atoms. The second-order valence-corrected chi connectivity index (χ2v) is 8.35. The Morgan fingerprint density at radius 3 is 2.61 bits per heavy atom. The monoisotopic (exact) mass is 457 g/mol. The van der Waals surface area contributed by atoms with Gasteiger partial charge in [0.25, 0.3) is 11.1 Å². The van der Waals surface area contributed by atoms with Crippen molar-refractivity contribution in [2.24, 2.45) is 0 Å². The van der Waals surface area contributed by atoms with E-state index in [1.54, 1.807) is 24.3 Å². The van der Waals surface area contributed by atoms with Crippen LogP contribution in [0.3, 0.4) is 0 Å². The third-order valence-electron chi connectivity index (χ3n) is 4.87. The Hall–Kier alpha value is -2.97. The second-order valence-electron chi connectivity index (χ2n) is 6.92. The molecule has 160 valence electrons. The summed E-state index contributed by atoms with van der Waals surface area (Å²) >= 11 is 6.95. The zero-order valence-electron chi connectivity index (χ0n) is 16.7. The highest BCUT2D eigenvalue weighted by Gasteiger charge is 2.18. The van der Waals surface area contributed by atoms with Gasteiger partial charge in [0, 0.05) is 23.8 Å².